The SMILES string of the molecule is O=C(Nc1ccccc1)c1cc2cc(Cc3ccccc3Cl)ccc2o1. The molecule has 4 heteroatoms. The van der Waals surface area contributed by atoms with E-state index in [2.05, 4.69) is 5.32 Å². The molecule has 0 atom stereocenters. The van der Waals surface area contributed by atoms with Crippen LogP contribution in [0.5, 0.6) is 0 Å². The second-order valence-electron chi connectivity index (χ2n) is 6.07. The first-order chi connectivity index (χ1) is 12.7. The van der Waals surface area contributed by atoms with Crippen LogP contribution in [0.4, 0.5) is 5.69 Å². The topological polar surface area (TPSA) is 42.2 Å². The molecule has 0 aliphatic rings. The molecular weight excluding hydrogens is 346 g/mol. The van der Waals surface area contributed by atoms with E-state index < -0.39 is 0 Å². The zero-order valence-electron chi connectivity index (χ0n) is 13.9. The Labute approximate surface area is 156 Å². The van der Waals surface area contributed by atoms with Crippen LogP contribution in [0, 0.1) is 0 Å². The quantitative estimate of drug-likeness (QED) is 0.489. The molecule has 26 heavy (non-hydrogen) atoms. The van der Waals surface area contributed by atoms with Gasteiger partial charge in [0.2, 0.25) is 0 Å². The van der Waals surface area contributed by atoms with Crippen molar-refractivity contribution in [2.45, 2.75) is 6.42 Å². The molecule has 1 heterocycles. The number of hydrogen-bond acceptors (Lipinski definition) is 2. The van der Waals surface area contributed by atoms with Gasteiger partial charge < -0.3 is 9.73 Å². The summed E-state index contributed by atoms with van der Waals surface area (Å²) in [5.41, 5.74) is 3.60. The van der Waals surface area contributed by atoms with Crippen molar-refractivity contribution in [3.63, 3.8) is 0 Å². The first kappa shape index (κ1) is 16.4. The van der Waals surface area contributed by atoms with Crippen molar-refractivity contribution in [1.29, 1.82) is 0 Å². The zero-order chi connectivity index (χ0) is 17.9. The Morgan fingerprint density at radius 1 is 0.923 bits per heavy atom. The van der Waals surface area contributed by atoms with E-state index in [9.17, 15) is 4.79 Å². The van der Waals surface area contributed by atoms with Gasteiger partial charge in [-0.05, 0) is 53.9 Å². The largest absolute Gasteiger partial charge is 0.451 e. The molecular formula is C22H16ClNO2. The van der Waals surface area contributed by atoms with E-state index in [1.54, 1.807) is 6.07 Å². The summed E-state index contributed by atoms with van der Waals surface area (Å²) in [6.07, 6.45) is 0.729. The van der Waals surface area contributed by atoms with Crippen molar-refractivity contribution in [2.75, 3.05) is 5.32 Å². The molecule has 0 unspecified atom stereocenters. The van der Waals surface area contributed by atoms with Crippen LogP contribution in [0.2, 0.25) is 5.02 Å². The number of rotatable bonds is 4. The molecule has 3 nitrogen and oxygen atoms in total. The molecule has 0 spiro atoms. The Morgan fingerprint density at radius 2 is 1.69 bits per heavy atom. The second kappa shape index (κ2) is 7.06. The number of anilines is 1. The minimum atomic E-state index is -0.264. The number of carbonyl (C=O) groups excluding carboxylic acids is 1. The Morgan fingerprint density at radius 3 is 2.50 bits per heavy atom. The average molecular weight is 362 g/mol. The molecule has 1 amide bonds. The lowest BCUT2D eigenvalue weighted by Crippen LogP contribution is -2.10. The highest BCUT2D eigenvalue weighted by molar-refractivity contribution is 6.31. The number of fused-ring (bicyclic) bond motifs is 1. The van der Waals surface area contributed by atoms with Gasteiger partial charge in [-0.2, -0.15) is 0 Å². The van der Waals surface area contributed by atoms with Crippen LogP contribution in [0.1, 0.15) is 21.7 Å². The number of amides is 1. The molecule has 0 saturated carbocycles. The molecule has 0 aliphatic heterocycles. The van der Waals surface area contributed by atoms with Crippen LogP contribution in [0.15, 0.2) is 83.3 Å². The molecule has 4 rings (SSSR count). The van der Waals surface area contributed by atoms with E-state index in [0.717, 1.165) is 33.6 Å². The Kier molecular flexibility index (Phi) is 4.46. The summed E-state index contributed by atoms with van der Waals surface area (Å²) >= 11 is 6.24. The maximum absolute atomic E-state index is 12.4. The standard InChI is InChI=1S/C22H16ClNO2/c23-19-9-5-4-6-16(19)12-15-10-11-20-17(13-15)14-21(26-20)22(25)24-18-7-2-1-3-8-18/h1-11,13-14H,12H2,(H,24,25). The zero-order valence-corrected chi connectivity index (χ0v) is 14.7. The van der Waals surface area contributed by atoms with Gasteiger partial charge in [0.05, 0.1) is 0 Å². The van der Waals surface area contributed by atoms with Gasteiger partial charge in [-0.3, -0.25) is 4.79 Å². The summed E-state index contributed by atoms with van der Waals surface area (Å²) in [4.78, 5) is 12.4. The predicted octanol–water partition coefficient (Wildman–Crippen LogP) is 5.93. The molecule has 0 saturated heterocycles. The summed E-state index contributed by atoms with van der Waals surface area (Å²) in [5, 5.41) is 4.48. The van der Waals surface area contributed by atoms with Crippen molar-refractivity contribution >= 4 is 34.2 Å². The van der Waals surface area contributed by atoms with Gasteiger partial charge in [-0.25, -0.2) is 0 Å². The van der Waals surface area contributed by atoms with Crippen molar-refractivity contribution in [2.24, 2.45) is 0 Å². The number of nitrogens with one attached hydrogen (secondary N) is 1. The lowest BCUT2D eigenvalue weighted by Gasteiger charge is -2.04. The summed E-state index contributed by atoms with van der Waals surface area (Å²) < 4.78 is 5.69. The third kappa shape index (κ3) is 3.48. The van der Waals surface area contributed by atoms with Crippen molar-refractivity contribution in [3.05, 3.63) is 101 Å². The molecule has 0 radical (unpaired) electrons. The maximum Gasteiger partial charge on any atom is 0.291 e. The summed E-state index contributed by atoms with van der Waals surface area (Å²) in [6, 6.07) is 24.8. The minimum absolute atomic E-state index is 0.264. The Hall–Kier alpha value is -3.04. The fourth-order valence-corrected chi connectivity index (χ4v) is 3.09. The lowest BCUT2D eigenvalue weighted by molar-refractivity contribution is 0.0998. The lowest BCUT2D eigenvalue weighted by atomic mass is 10.0. The van der Waals surface area contributed by atoms with Crippen LogP contribution >= 0.6 is 11.6 Å². The highest BCUT2D eigenvalue weighted by Crippen LogP contribution is 2.25. The first-order valence-corrected chi connectivity index (χ1v) is 8.69. The number of benzene rings is 3. The van der Waals surface area contributed by atoms with Gasteiger partial charge >= 0.3 is 0 Å². The average Bonchev–Trinajstić information content (AvgIpc) is 3.08. The van der Waals surface area contributed by atoms with Gasteiger partial charge in [0.1, 0.15) is 5.58 Å². The summed E-state index contributed by atoms with van der Waals surface area (Å²) in [7, 11) is 0. The monoisotopic (exact) mass is 361 g/mol. The van der Waals surface area contributed by atoms with Crippen LogP contribution < -0.4 is 5.32 Å². The molecule has 0 bridgehead atoms. The number of carbonyl (C=O) groups is 1. The number of para-hydroxylation sites is 1. The van der Waals surface area contributed by atoms with Gasteiger partial charge in [0.15, 0.2) is 5.76 Å². The van der Waals surface area contributed by atoms with Crippen LogP contribution in [-0.4, -0.2) is 5.91 Å². The molecule has 1 N–H and O–H groups in total. The smallest absolute Gasteiger partial charge is 0.291 e. The van der Waals surface area contributed by atoms with E-state index in [1.807, 2.05) is 72.8 Å². The van der Waals surface area contributed by atoms with Crippen molar-refractivity contribution in [1.82, 2.24) is 0 Å². The first-order valence-electron chi connectivity index (χ1n) is 8.31. The van der Waals surface area contributed by atoms with Gasteiger partial charge in [0.25, 0.3) is 5.91 Å². The Bertz CT molecular complexity index is 1070. The summed E-state index contributed by atoms with van der Waals surface area (Å²) in [5.74, 6) is 0.0267. The maximum atomic E-state index is 12.4. The molecule has 0 aliphatic carbocycles. The van der Waals surface area contributed by atoms with E-state index in [4.69, 9.17) is 16.0 Å². The molecule has 3 aromatic carbocycles. The highest BCUT2D eigenvalue weighted by Gasteiger charge is 2.13. The normalized spacial score (nSPS) is 10.8. The third-order valence-corrected chi connectivity index (χ3v) is 4.56. The van der Waals surface area contributed by atoms with Crippen LogP contribution in [0.25, 0.3) is 11.0 Å². The molecule has 0 fully saturated rings. The number of halogens is 1. The third-order valence-electron chi connectivity index (χ3n) is 4.19. The highest BCUT2D eigenvalue weighted by atomic mass is 35.5. The molecule has 1 aromatic heterocycles. The molecule has 4 aromatic rings. The fraction of sp³-hybridized carbons (Fsp3) is 0.0455. The van der Waals surface area contributed by atoms with Crippen LogP contribution in [-0.2, 0) is 6.42 Å². The van der Waals surface area contributed by atoms with E-state index in [0.29, 0.717) is 11.3 Å². The van der Waals surface area contributed by atoms with Crippen molar-refractivity contribution < 1.29 is 9.21 Å². The number of hydrogen-bond donors (Lipinski definition) is 1. The number of furan rings is 1. The van der Waals surface area contributed by atoms with Gasteiger partial charge in [0, 0.05) is 16.1 Å². The summed E-state index contributed by atoms with van der Waals surface area (Å²) in [6.45, 7) is 0. The molecule has 128 valence electrons. The fourth-order valence-electron chi connectivity index (χ4n) is 2.89. The van der Waals surface area contributed by atoms with E-state index in [1.165, 1.54) is 0 Å². The van der Waals surface area contributed by atoms with E-state index in [-0.39, 0.29) is 5.91 Å². The van der Waals surface area contributed by atoms with Gasteiger partial charge in [-0.15, -0.1) is 0 Å². The van der Waals surface area contributed by atoms with Crippen molar-refractivity contribution in [3.8, 4) is 0 Å². The van der Waals surface area contributed by atoms with E-state index >= 15 is 0 Å². The second-order valence-corrected chi connectivity index (χ2v) is 6.48. The van der Waals surface area contributed by atoms with Crippen LogP contribution in [0.3, 0.4) is 0 Å². The predicted molar refractivity (Wildman–Crippen MR) is 105 cm³/mol. The van der Waals surface area contributed by atoms with Gasteiger partial charge in [-0.1, -0.05) is 54.1 Å². The minimum Gasteiger partial charge on any atom is -0.451 e. The Balaban J connectivity index is 1.58.